The third kappa shape index (κ3) is 20.3. The van der Waals surface area contributed by atoms with E-state index in [2.05, 4.69) is 64.7 Å². The number of methoxy groups -OCH3 is 1. The van der Waals surface area contributed by atoms with E-state index in [4.69, 9.17) is 11.6 Å². The molecule has 0 fully saturated rings. The minimum atomic E-state index is -0.541. The first kappa shape index (κ1) is 17.6. The van der Waals surface area contributed by atoms with Crippen LogP contribution in [0.4, 0.5) is 0 Å². The number of ether oxygens (including phenoxy) is 1. The summed E-state index contributed by atoms with van der Waals surface area (Å²) in [5, 5.41) is 0. The minimum absolute atomic E-state index is 0.130. The summed E-state index contributed by atoms with van der Waals surface area (Å²) in [7, 11) is 1.23. The van der Waals surface area contributed by atoms with Gasteiger partial charge in [-0.2, -0.15) is 0 Å². The standard InChI is InChI=1S/C5H7ClO3.3HI.V/c1-9-5(8)2-4(7)3-6;;;;/h2-3H2,1H3;3*1H;/q;;;;+3/p-3. The molecule has 0 aliphatic heterocycles. The fourth-order valence-electron chi connectivity index (χ4n) is 0.280. The van der Waals surface area contributed by atoms with Gasteiger partial charge >= 0.3 is 70.8 Å². The molecule has 0 aromatic carbocycles. The average Bonchev–Trinajstić information content (AvgIpc) is 2.03. The Morgan fingerprint density at radius 2 is 1.77 bits per heavy atom. The van der Waals surface area contributed by atoms with Gasteiger partial charge in [0.25, 0.3) is 0 Å². The number of hydrogen-bond donors (Lipinski definition) is 0. The van der Waals surface area contributed by atoms with Crippen molar-refractivity contribution in [2.45, 2.75) is 6.42 Å². The van der Waals surface area contributed by atoms with Crippen LogP contribution in [0.3, 0.4) is 0 Å². The molecule has 0 N–H and O–H groups in total. The van der Waals surface area contributed by atoms with Crippen molar-refractivity contribution in [1.82, 2.24) is 0 Å². The number of alkyl halides is 1. The molecule has 0 aliphatic carbocycles. The second kappa shape index (κ2) is 12.3. The third-order valence-electron chi connectivity index (χ3n) is 0.718. The Morgan fingerprint density at radius 1 is 1.38 bits per heavy atom. The number of carbonyl (C=O) groups is 2. The summed E-state index contributed by atoms with van der Waals surface area (Å²) in [6, 6.07) is 0. The molecule has 0 bridgehead atoms. The Balaban J connectivity index is 0. The quantitative estimate of drug-likeness (QED) is 0.223. The van der Waals surface area contributed by atoms with Crippen LogP contribution in [0.2, 0.25) is 0 Å². The van der Waals surface area contributed by atoms with Crippen molar-refractivity contribution in [2.24, 2.45) is 0 Å². The number of halogens is 4. The van der Waals surface area contributed by atoms with Crippen LogP contribution < -0.4 is 0 Å². The molecule has 0 aromatic heterocycles. The fourth-order valence-corrected chi connectivity index (χ4v) is 0.375. The molecule has 0 heterocycles. The molecule has 0 atom stereocenters. The van der Waals surface area contributed by atoms with Crippen LogP contribution in [0.25, 0.3) is 0 Å². The Kier molecular flexibility index (Phi) is 16.6. The summed E-state index contributed by atoms with van der Waals surface area (Å²) in [6.07, 6.45) is -0.222. The summed E-state index contributed by atoms with van der Waals surface area (Å²) in [5.41, 5.74) is 0. The molecular formula is C5H7ClI3O3V. The zero-order valence-electron chi connectivity index (χ0n) is 6.60. The van der Waals surface area contributed by atoms with Gasteiger partial charge in [-0.05, 0) is 0 Å². The SMILES string of the molecule is COC(=O)CC(=O)CCl.[I][V]([I])[I]. The number of ketones is 1. The summed E-state index contributed by atoms with van der Waals surface area (Å²) in [5.74, 6) is -0.987. The van der Waals surface area contributed by atoms with Gasteiger partial charge in [-0.15, -0.1) is 11.6 Å². The molecule has 0 radical (unpaired) electrons. The number of esters is 1. The molecule has 78 valence electrons. The molecule has 0 saturated carbocycles. The fraction of sp³-hybridized carbons (Fsp3) is 0.600. The van der Waals surface area contributed by atoms with Crippen LogP contribution in [0.5, 0.6) is 0 Å². The van der Waals surface area contributed by atoms with E-state index in [9.17, 15) is 9.59 Å². The first-order valence-corrected chi connectivity index (χ1v) is 16.9. The van der Waals surface area contributed by atoms with Crippen molar-refractivity contribution in [3.05, 3.63) is 0 Å². The second-order valence-corrected chi connectivity index (χ2v) is 37.3. The van der Waals surface area contributed by atoms with Gasteiger partial charge in [0.15, 0.2) is 5.78 Å². The zero-order chi connectivity index (χ0) is 10.9. The van der Waals surface area contributed by atoms with Gasteiger partial charge in [0, 0.05) is 0 Å². The van der Waals surface area contributed by atoms with Gasteiger partial charge in [0.05, 0.1) is 13.0 Å². The van der Waals surface area contributed by atoms with E-state index < -0.39 is 5.97 Å². The monoisotopic (exact) mass is 582 g/mol. The zero-order valence-corrected chi connectivity index (χ0v) is 15.2. The van der Waals surface area contributed by atoms with Crippen LogP contribution in [0, 0.1) is 0 Å². The molecule has 0 amide bonds. The van der Waals surface area contributed by atoms with E-state index in [0.717, 1.165) is 0 Å². The van der Waals surface area contributed by atoms with E-state index in [0.29, 0.717) is 0 Å². The van der Waals surface area contributed by atoms with Crippen molar-refractivity contribution < 1.29 is 19.2 Å². The summed E-state index contributed by atoms with van der Waals surface area (Å²) >= 11 is 12.5. The number of carbonyl (C=O) groups excluding carboxylic acids is 2. The van der Waals surface area contributed by atoms with Crippen molar-refractivity contribution >= 4 is 83.3 Å². The molecule has 3 nitrogen and oxygen atoms in total. The summed E-state index contributed by atoms with van der Waals surface area (Å²) in [6.45, 7) is 0. The molecule has 0 aliphatic rings. The van der Waals surface area contributed by atoms with E-state index in [1.807, 2.05) is 0 Å². The Bertz CT molecular complexity index is 150. The topological polar surface area (TPSA) is 43.4 Å². The van der Waals surface area contributed by atoms with Crippen molar-refractivity contribution in [3.8, 4) is 0 Å². The molecule has 0 unspecified atom stereocenters. The molecule has 8 heteroatoms. The number of hydrogen-bond acceptors (Lipinski definition) is 3. The predicted molar refractivity (Wildman–Crippen MR) is 74.4 cm³/mol. The van der Waals surface area contributed by atoms with Gasteiger partial charge in [0.1, 0.15) is 6.42 Å². The van der Waals surface area contributed by atoms with Gasteiger partial charge < -0.3 is 4.74 Å². The van der Waals surface area contributed by atoms with E-state index in [1.54, 1.807) is 0 Å². The van der Waals surface area contributed by atoms with Gasteiger partial charge in [-0.25, -0.2) is 0 Å². The third-order valence-corrected chi connectivity index (χ3v) is 1.02. The molecule has 0 spiro atoms. The predicted octanol–water partition coefficient (Wildman–Crippen LogP) is 3.01. The van der Waals surface area contributed by atoms with E-state index >= 15 is 0 Å². The molecule has 0 aromatic rings. The van der Waals surface area contributed by atoms with Crippen molar-refractivity contribution in [2.75, 3.05) is 13.0 Å². The summed E-state index contributed by atoms with van der Waals surface area (Å²) < 4.78 is 4.20. The van der Waals surface area contributed by atoms with Crippen molar-refractivity contribution in [3.63, 3.8) is 0 Å². The van der Waals surface area contributed by atoms with Gasteiger partial charge in [-0.3, -0.25) is 9.59 Å². The van der Waals surface area contributed by atoms with Crippen LogP contribution in [-0.2, 0) is 19.2 Å². The van der Waals surface area contributed by atoms with Gasteiger partial charge in [-0.1, -0.05) is 0 Å². The second-order valence-electron chi connectivity index (χ2n) is 1.62. The maximum absolute atomic E-state index is 10.3. The average molecular weight is 582 g/mol. The number of rotatable bonds is 3. The first-order chi connectivity index (χ1) is 5.93. The van der Waals surface area contributed by atoms with Gasteiger partial charge in [0.2, 0.25) is 0 Å². The van der Waals surface area contributed by atoms with E-state index in [1.165, 1.54) is 7.11 Å². The maximum atomic E-state index is 10.3. The van der Waals surface area contributed by atoms with Crippen LogP contribution in [0.1, 0.15) is 6.42 Å². The Hall–Kier alpha value is 2.20. The molecular weight excluding hydrogens is 575 g/mol. The van der Waals surface area contributed by atoms with E-state index in [-0.39, 0.29) is 23.0 Å². The molecule has 0 rings (SSSR count). The van der Waals surface area contributed by atoms with Crippen LogP contribution >= 0.6 is 71.5 Å². The molecule has 0 saturated heterocycles. The first-order valence-electron chi connectivity index (χ1n) is 2.86. The molecule has 13 heavy (non-hydrogen) atoms. The normalized spacial score (nSPS) is 8.77. The number of Topliss-reactive ketones (excluding diaryl/α,β-unsaturated/α-hetero) is 1. The summed E-state index contributed by atoms with van der Waals surface area (Å²) in [4.78, 5) is 20.4. The van der Waals surface area contributed by atoms with Crippen LogP contribution in [0.15, 0.2) is 0 Å². The van der Waals surface area contributed by atoms with Crippen LogP contribution in [-0.4, -0.2) is 24.7 Å². The van der Waals surface area contributed by atoms with Crippen molar-refractivity contribution in [1.29, 1.82) is 0 Å². The Labute approximate surface area is 120 Å². The Morgan fingerprint density at radius 3 is 2.00 bits per heavy atom.